The molecule has 0 saturated heterocycles. The van der Waals surface area contributed by atoms with Crippen molar-refractivity contribution in [3.05, 3.63) is 59.3 Å². The van der Waals surface area contributed by atoms with Crippen LogP contribution in [0.25, 0.3) is 0 Å². The van der Waals surface area contributed by atoms with Crippen LogP contribution in [0.3, 0.4) is 0 Å². The molecule has 0 amide bonds. The van der Waals surface area contributed by atoms with Crippen LogP contribution in [0, 0.1) is 17.8 Å². The summed E-state index contributed by atoms with van der Waals surface area (Å²) in [6.45, 7) is 10.6. The van der Waals surface area contributed by atoms with Crippen molar-refractivity contribution in [3.63, 3.8) is 0 Å². The van der Waals surface area contributed by atoms with Gasteiger partial charge in [0.1, 0.15) is 6.10 Å². The van der Waals surface area contributed by atoms with Gasteiger partial charge in [-0.1, -0.05) is 62.0 Å². The molecule has 0 aliphatic heterocycles. The summed E-state index contributed by atoms with van der Waals surface area (Å²) in [5.74, 6) is -4.03. The van der Waals surface area contributed by atoms with E-state index in [1.54, 1.807) is 45.9 Å². The average molecular weight is 525 g/mol. The summed E-state index contributed by atoms with van der Waals surface area (Å²) >= 11 is 0. The highest BCUT2D eigenvalue weighted by atomic mass is 16.4. The van der Waals surface area contributed by atoms with Gasteiger partial charge in [-0.3, -0.25) is 4.79 Å². The number of aliphatic carboxylic acids is 2. The highest BCUT2D eigenvalue weighted by Gasteiger charge is 2.22. The molecule has 0 aromatic rings. The lowest BCUT2D eigenvalue weighted by atomic mass is 9.89. The second-order valence-electron chi connectivity index (χ2n) is 9.60. The minimum atomic E-state index is -1.95. The Morgan fingerprint density at radius 1 is 0.730 bits per heavy atom. The maximum atomic E-state index is 11.6. The van der Waals surface area contributed by atoms with E-state index in [0.29, 0.717) is 17.6 Å². The topological polar surface area (TPSA) is 176 Å². The van der Waals surface area contributed by atoms with Crippen molar-refractivity contribution in [2.45, 2.75) is 84.9 Å². The van der Waals surface area contributed by atoms with Crippen molar-refractivity contribution in [1.82, 2.24) is 0 Å². The Morgan fingerprint density at radius 3 is 1.78 bits per heavy atom. The molecule has 0 aliphatic rings. The fraction of sp³-hybridized carbons (Fsp3) is 0.571. The predicted octanol–water partition coefficient (Wildman–Crippen LogP) is 2.60. The van der Waals surface area contributed by atoms with Gasteiger partial charge in [0.25, 0.3) is 0 Å². The number of hydrogen-bond donors (Lipinski definition) is 7. The van der Waals surface area contributed by atoms with E-state index in [2.05, 4.69) is 0 Å². The minimum absolute atomic E-state index is 0.0667. The average Bonchev–Trinajstić information content (AvgIpc) is 2.84. The third kappa shape index (κ3) is 13.0. The summed E-state index contributed by atoms with van der Waals surface area (Å²) in [7, 11) is 0. The lowest BCUT2D eigenvalue weighted by Gasteiger charge is -2.22. The Balaban J connectivity index is 5.15. The molecule has 0 bridgehead atoms. The number of carboxylic acid groups (broad SMARTS) is 2. The van der Waals surface area contributed by atoms with E-state index < -0.39 is 48.4 Å². The van der Waals surface area contributed by atoms with Crippen molar-refractivity contribution in [1.29, 1.82) is 0 Å². The molecular weight excluding hydrogens is 480 g/mol. The molecule has 0 fully saturated rings. The van der Waals surface area contributed by atoms with E-state index >= 15 is 0 Å². The van der Waals surface area contributed by atoms with Gasteiger partial charge in [0.05, 0.1) is 24.2 Å². The third-order valence-corrected chi connectivity index (χ3v) is 6.20. The molecule has 0 heterocycles. The number of carboxylic acids is 2. The van der Waals surface area contributed by atoms with Crippen molar-refractivity contribution in [3.8, 4) is 0 Å². The summed E-state index contributed by atoms with van der Waals surface area (Å²) in [5, 5.41) is 68.3. The largest absolute Gasteiger partial charge is 0.481 e. The van der Waals surface area contributed by atoms with Gasteiger partial charge in [0.2, 0.25) is 0 Å². The summed E-state index contributed by atoms with van der Waals surface area (Å²) < 4.78 is 0. The van der Waals surface area contributed by atoms with Crippen LogP contribution in [-0.2, 0) is 9.59 Å². The second kappa shape index (κ2) is 17.0. The highest BCUT2D eigenvalue weighted by Crippen LogP contribution is 2.23. The fourth-order valence-corrected chi connectivity index (χ4v) is 3.63. The van der Waals surface area contributed by atoms with Gasteiger partial charge >= 0.3 is 11.9 Å². The van der Waals surface area contributed by atoms with Gasteiger partial charge in [-0.05, 0) is 51.7 Å². The molecule has 0 rings (SSSR count). The van der Waals surface area contributed by atoms with Crippen LogP contribution in [0.5, 0.6) is 0 Å². The van der Waals surface area contributed by atoms with Crippen molar-refractivity contribution in [2.75, 3.05) is 0 Å². The van der Waals surface area contributed by atoms with Gasteiger partial charge in [0.15, 0.2) is 6.10 Å². The van der Waals surface area contributed by atoms with E-state index in [1.165, 1.54) is 12.2 Å². The molecule has 8 atom stereocenters. The van der Waals surface area contributed by atoms with Crippen LogP contribution in [0.1, 0.15) is 54.4 Å². The molecule has 9 heteroatoms. The molecule has 9 nitrogen and oxygen atoms in total. The van der Waals surface area contributed by atoms with Crippen LogP contribution in [0.2, 0.25) is 0 Å². The Bertz CT molecular complexity index is 884. The van der Waals surface area contributed by atoms with Crippen LogP contribution in [-0.4, -0.2) is 78.2 Å². The molecule has 0 saturated carbocycles. The number of aliphatic hydroxyl groups excluding tert-OH is 5. The Labute approximate surface area is 219 Å². The molecule has 0 aliphatic carbocycles. The lowest BCUT2D eigenvalue weighted by Crippen LogP contribution is -2.32. The lowest BCUT2D eigenvalue weighted by molar-refractivity contribution is -0.151. The maximum absolute atomic E-state index is 11.6. The second-order valence-corrected chi connectivity index (χ2v) is 9.60. The van der Waals surface area contributed by atoms with Crippen molar-refractivity contribution >= 4 is 11.9 Å². The van der Waals surface area contributed by atoms with E-state index in [-0.39, 0.29) is 18.3 Å². The van der Waals surface area contributed by atoms with Crippen molar-refractivity contribution < 1.29 is 45.3 Å². The Hall–Kier alpha value is -2.56. The van der Waals surface area contributed by atoms with Crippen LogP contribution < -0.4 is 0 Å². The van der Waals surface area contributed by atoms with Gasteiger partial charge in [-0.2, -0.15) is 0 Å². The zero-order valence-electron chi connectivity index (χ0n) is 22.5. The molecule has 0 radical (unpaired) electrons. The van der Waals surface area contributed by atoms with Crippen LogP contribution >= 0.6 is 0 Å². The number of carbonyl (C=O) groups is 2. The number of allylic oxidation sites excluding steroid dienone is 2. The summed E-state index contributed by atoms with van der Waals surface area (Å²) in [4.78, 5) is 22.2. The van der Waals surface area contributed by atoms with Gasteiger partial charge in [-0.25, -0.2) is 4.79 Å². The normalized spacial score (nSPS) is 20.4. The minimum Gasteiger partial charge on any atom is -0.481 e. The van der Waals surface area contributed by atoms with E-state index in [0.717, 1.165) is 11.6 Å². The number of aliphatic hydroxyl groups is 5. The molecule has 0 aromatic heterocycles. The van der Waals surface area contributed by atoms with E-state index in [9.17, 15) is 40.2 Å². The van der Waals surface area contributed by atoms with Crippen molar-refractivity contribution in [2.24, 2.45) is 17.8 Å². The number of rotatable bonds is 16. The van der Waals surface area contributed by atoms with Gasteiger partial charge in [-0.15, -0.1) is 0 Å². The summed E-state index contributed by atoms with van der Waals surface area (Å²) in [6.07, 6.45) is 4.80. The molecule has 0 unspecified atom stereocenters. The van der Waals surface area contributed by atoms with Gasteiger partial charge in [0, 0.05) is 11.8 Å². The molecule has 210 valence electrons. The van der Waals surface area contributed by atoms with Crippen LogP contribution in [0.15, 0.2) is 59.3 Å². The first-order chi connectivity index (χ1) is 17.1. The fourth-order valence-electron chi connectivity index (χ4n) is 3.63. The highest BCUT2D eigenvalue weighted by molar-refractivity contribution is 5.73. The third-order valence-electron chi connectivity index (χ3n) is 6.20. The molecule has 0 spiro atoms. The van der Waals surface area contributed by atoms with Crippen LogP contribution in [0.4, 0.5) is 0 Å². The quantitative estimate of drug-likeness (QED) is 0.150. The first-order valence-electron chi connectivity index (χ1n) is 12.3. The zero-order chi connectivity index (χ0) is 28.9. The molecule has 0 aromatic carbocycles. The van der Waals surface area contributed by atoms with E-state index in [1.807, 2.05) is 19.9 Å². The Morgan fingerprint density at radius 2 is 1.27 bits per heavy atom. The molecule has 7 N–H and O–H groups in total. The monoisotopic (exact) mass is 524 g/mol. The molecular formula is C28H44O9. The standard InChI is InChI=1S/C28H44O9/c1-7-16(2)13-21(27(34)35)15-20(6)25(32)19(5)14-18(4)24(31)17(3)11-12-22(29)9-8-10-23(30)26(33)28(36)37/h7-8,10-12,14-15,17,19,21-26,29-33H,9,13H2,1-6H3,(H,34,35)(H,36,37)/b10-8+,12-11+,16-7+,18-14+,20-15+/t17-,19-,21-,22-,23-,24-,25-,26-/m1/s1. The summed E-state index contributed by atoms with van der Waals surface area (Å²) in [6, 6.07) is 0. The number of hydrogen-bond acceptors (Lipinski definition) is 7. The Kier molecular flexibility index (Phi) is 15.9. The summed E-state index contributed by atoms with van der Waals surface area (Å²) in [5.41, 5.74) is 2.08. The predicted molar refractivity (Wildman–Crippen MR) is 142 cm³/mol. The van der Waals surface area contributed by atoms with Gasteiger partial charge < -0.3 is 35.7 Å². The maximum Gasteiger partial charge on any atom is 0.335 e. The SMILES string of the molecule is C/C=C(\C)C[C@H](/C=C(\C)[C@H](O)[C@H](C)/C=C(\C)[C@H](O)[C@H](C)/C=C/[C@H](O)C/C=C/[C@@H](O)[C@@H](O)C(=O)O)C(=O)O. The zero-order valence-corrected chi connectivity index (χ0v) is 22.5. The first kappa shape index (κ1) is 34.4. The molecule has 37 heavy (non-hydrogen) atoms. The first-order valence-corrected chi connectivity index (χ1v) is 12.3. The van der Waals surface area contributed by atoms with E-state index in [4.69, 9.17) is 5.11 Å². The smallest absolute Gasteiger partial charge is 0.335 e.